The molecule has 92 valence electrons. The third-order valence-corrected chi connectivity index (χ3v) is 5.52. The Kier molecular flexibility index (Phi) is 3.80. The van der Waals surface area contributed by atoms with E-state index in [1.54, 1.807) is 0 Å². The summed E-state index contributed by atoms with van der Waals surface area (Å²) in [7, 11) is 0. The molecule has 1 amide bonds. The fourth-order valence-corrected chi connectivity index (χ4v) is 3.48. The van der Waals surface area contributed by atoms with Gasteiger partial charge in [0.2, 0.25) is 5.91 Å². The quantitative estimate of drug-likeness (QED) is 0.783. The lowest BCUT2D eigenvalue weighted by Crippen LogP contribution is -2.50. The zero-order valence-corrected chi connectivity index (χ0v) is 11.0. The van der Waals surface area contributed by atoms with E-state index in [-0.39, 0.29) is 11.9 Å². The van der Waals surface area contributed by atoms with E-state index < -0.39 is 0 Å². The molecule has 0 aromatic carbocycles. The molecule has 0 bridgehead atoms. The summed E-state index contributed by atoms with van der Waals surface area (Å²) >= 11 is 1.91. The molecule has 0 radical (unpaired) electrons. The molecule has 4 heteroatoms. The van der Waals surface area contributed by atoms with Gasteiger partial charge >= 0.3 is 0 Å². The van der Waals surface area contributed by atoms with E-state index in [1.165, 1.54) is 19.3 Å². The summed E-state index contributed by atoms with van der Waals surface area (Å²) < 4.78 is 0.345. The molecule has 0 aromatic rings. The van der Waals surface area contributed by atoms with Gasteiger partial charge in [-0.1, -0.05) is 13.3 Å². The minimum Gasteiger partial charge on any atom is -0.353 e. The monoisotopic (exact) mass is 242 g/mol. The lowest BCUT2D eigenvalue weighted by molar-refractivity contribution is -0.123. The highest BCUT2D eigenvalue weighted by Crippen LogP contribution is 2.42. The Bertz CT molecular complexity index is 260. The van der Waals surface area contributed by atoms with Crippen molar-refractivity contribution >= 4 is 17.7 Å². The van der Waals surface area contributed by atoms with Crippen molar-refractivity contribution in [1.82, 2.24) is 10.6 Å². The van der Waals surface area contributed by atoms with Crippen LogP contribution in [0.3, 0.4) is 0 Å². The van der Waals surface area contributed by atoms with Crippen molar-refractivity contribution in [3.63, 3.8) is 0 Å². The van der Waals surface area contributed by atoms with Gasteiger partial charge in [0.1, 0.15) is 0 Å². The van der Waals surface area contributed by atoms with E-state index in [0.717, 1.165) is 19.5 Å². The smallest absolute Gasteiger partial charge is 0.237 e. The van der Waals surface area contributed by atoms with Crippen LogP contribution in [0.1, 0.15) is 32.6 Å². The number of hydrogen-bond donors (Lipinski definition) is 2. The van der Waals surface area contributed by atoms with Crippen LogP contribution in [0.2, 0.25) is 0 Å². The van der Waals surface area contributed by atoms with Gasteiger partial charge in [0.25, 0.3) is 0 Å². The molecule has 0 spiro atoms. The van der Waals surface area contributed by atoms with Crippen LogP contribution in [0, 0.1) is 5.92 Å². The second kappa shape index (κ2) is 4.96. The van der Waals surface area contributed by atoms with Crippen LogP contribution in [0.15, 0.2) is 0 Å². The molecule has 2 rings (SSSR count). The molecule has 16 heavy (non-hydrogen) atoms. The molecule has 1 saturated carbocycles. The molecule has 1 saturated heterocycles. The average Bonchev–Trinajstić information content (AvgIpc) is 2.63. The van der Waals surface area contributed by atoms with Crippen molar-refractivity contribution in [3.8, 4) is 0 Å². The first-order valence-electron chi connectivity index (χ1n) is 6.23. The van der Waals surface area contributed by atoms with Crippen LogP contribution in [0.25, 0.3) is 0 Å². The third kappa shape index (κ3) is 2.38. The van der Waals surface area contributed by atoms with Crippen LogP contribution >= 0.6 is 11.8 Å². The highest BCUT2D eigenvalue weighted by Gasteiger charge is 2.37. The number of hydrogen-bond acceptors (Lipinski definition) is 3. The van der Waals surface area contributed by atoms with Crippen molar-refractivity contribution in [1.29, 1.82) is 0 Å². The molecule has 3 nitrogen and oxygen atoms in total. The van der Waals surface area contributed by atoms with Crippen molar-refractivity contribution in [3.05, 3.63) is 0 Å². The molecular formula is C12H22N2OS. The van der Waals surface area contributed by atoms with E-state index in [0.29, 0.717) is 10.7 Å². The zero-order chi connectivity index (χ0) is 11.6. The Morgan fingerprint density at radius 3 is 2.75 bits per heavy atom. The predicted octanol–water partition coefficient (Wildman–Crippen LogP) is 1.39. The molecule has 1 aliphatic carbocycles. The van der Waals surface area contributed by atoms with Crippen LogP contribution in [-0.4, -0.2) is 36.0 Å². The maximum atomic E-state index is 12.0. The molecule has 0 aromatic heterocycles. The van der Waals surface area contributed by atoms with Crippen LogP contribution < -0.4 is 10.6 Å². The highest BCUT2D eigenvalue weighted by molar-refractivity contribution is 8.00. The molecule has 2 fully saturated rings. The average molecular weight is 242 g/mol. The van der Waals surface area contributed by atoms with Gasteiger partial charge < -0.3 is 10.6 Å². The van der Waals surface area contributed by atoms with Gasteiger partial charge in [-0.2, -0.15) is 11.8 Å². The van der Waals surface area contributed by atoms with Crippen LogP contribution in [-0.2, 0) is 4.79 Å². The van der Waals surface area contributed by atoms with Crippen molar-refractivity contribution in [2.75, 3.05) is 19.3 Å². The Balaban J connectivity index is 1.79. The van der Waals surface area contributed by atoms with E-state index in [1.807, 2.05) is 11.8 Å². The molecular weight excluding hydrogens is 220 g/mol. The second-order valence-electron chi connectivity index (χ2n) is 5.16. The number of amides is 1. The third-order valence-electron chi connectivity index (χ3n) is 4.10. The van der Waals surface area contributed by atoms with Crippen molar-refractivity contribution in [2.24, 2.45) is 5.92 Å². The molecule has 1 aliphatic heterocycles. The summed E-state index contributed by atoms with van der Waals surface area (Å²) in [6.45, 7) is 3.97. The minimum atomic E-state index is 0.0407. The highest BCUT2D eigenvalue weighted by atomic mass is 32.2. The van der Waals surface area contributed by atoms with E-state index >= 15 is 0 Å². The SMILES string of the molecule is CSC1(CNC(=O)C2NCCC2C)CCC1. The van der Waals surface area contributed by atoms with Gasteiger partial charge in [0.15, 0.2) is 0 Å². The lowest BCUT2D eigenvalue weighted by atomic mass is 9.84. The summed E-state index contributed by atoms with van der Waals surface area (Å²) in [5.41, 5.74) is 0. The fraction of sp³-hybridized carbons (Fsp3) is 0.917. The first-order chi connectivity index (χ1) is 7.67. The van der Waals surface area contributed by atoms with Gasteiger partial charge in [-0.05, 0) is 38.0 Å². The maximum Gasteiger partial charge on any atom is 0.237 e. The predicted molar refractivity (Wildman–Crippen MR) is 68.7 cm³/mol. The maximum absolute atomic E-state index is 12.0. The van der Waals surface area contributed by atoms with Crippen LogP contribution in [0.5, 0.6) is 0 Å². The number of carbonyl (C=O) groups is 1. The number of carbonyl (C=O) groups excluding carboxylic acids is 1. The summed E-state index contributed by atoms with van der Waals surface area (Å²) in [4.78, 5) is 12.0. The number of rotatable bonds is 4. The Morgan fingerprint density at radius 2 is 2.31 bits per heavy atom. The van der Waals surface area contributed by atoms with Gasteiger partial charge in [0.05, 0.1) is 6.04 Å². The molecule has 2 aliphatic rings. The summed E-state index contributed by atoms with van der Waals surface area (Å²) in [5, 5.41) is 6.40. The Morgan fingerprint density at radius 1 is 1.56 bits per heavy atom. The number of thioether (sulfide) groups is 1. The Labute approximate surface area is 102 Å². The van der Waals surface area contributed by atoms with Gasteiger partial charge in [-0.3, -0.25) is 4.79 Å². The zero-order valence-electron chi connectivity index (χ0n) is 10.2. The Hall–Kier alpha value is -0.220. The minimum absolute atomic E-state index is 0.0407. The van der Waals surface area contributed by atoms with Gasteiger partial charge in [-0.15, -0.1) is 0 Å². The van der Waals surface area contributed by atoms with Crippen molar-refractivity contribution < 1.29 is 4.79 Å². The summed E-state index contributed by atoms with van der Waals surface area (Å²) in [5.74, 6) is 0.678. The molecule has 2 unspecified atom stereocenters. The topological polar surface area (TPSA) is 41.1 Å². The first kappa shape index (κ1) is 12.2. The summed E-state index contributed by atoms with van der Waals surface area (Å²) in [6.07, 6.45) is 7.09. The fourth-order valence-electron chi connectivity index (χ4n) is 2.57. The molecule has 2 atom stereocenters. The van der Waals surface area contributed by atoms with E-state index in [4.69, 9.17) is 0 Å². The van der Waals surface area contributed by atoms with Gasteiger partial charge in [-0.25, -0.2) is 0 Å². The number of nitrogens with one attached hydrogen (secondary N) is 2. The molecule has 1 heterocycles. The van der Waals surface area contributed by atoms with E-state index in [2.05, 4.69) is 23.8 Å². The van der Waals surface area contributed by atoms with Gasteiger partial charge in [0, 0.05) is 11.3 Å². The van der Waals surface area contributed by atoms with Crippen LogP contribution in [0.4, 0.5) is 0 Å². The summed E-state index contributed by atoms with van der Waals surface area (Å²) in [6, 6.07) is 0.0407. The normalized spacial score (nSPS) is 32.1. The second-order valence-corrected chi connectivity index (χ2v) is 6.43. The standard InChI is InChI=1S/C12H22N2OS/c1-9-4-7-13-10(9)11(15)14-8-12(16-2)5-3-6-12/h9-10,13H,3-8H2,1-2H3,(H,14,15). The lowest BCUT2D eigenvalue weighted by Gasteiger charge is -2.40. The first-order valence-corrected chi connectivity index (χ1v) is 7.46. The van der Waals surface area contributed by atoms with Crippen molar-refractivity contribution in [2.45, 2.75) is 43.4 Å². The largest absolute Gasteiger partial charge is 0.353 e. The van der Waals surface area contributed by atoms with E-state index in [9.17, 15) is 4.79 Å². The molecule has 2 N–H and O–H groups in total.